The van der Waals surface area contributed by atoms with Gasteiger partial charge >= 0.3 is 0 Å². The van der Waals surface area contributed by atoms with Gasteiger partial charge in [-0.2, -0.15) is 0 Å². The Balaban J connectivity index is 1.93. The number of halogens is 1. The zero-order chi connectivity index (χ0) is 15.7. The second-order valence-corrected chi connectivity index (χ2v) is 7.19. The number of carbonyl (C=O) groups excluding carboxylic acids is 1. The van der Waals surface area contributed by atoms with Crippen LogP contribution in [-0.4, -0.2) is 18.7 Å². The average molecular weight is 376 g/mol. The molecule has 4 heteroatoms. The summed E-state index contributed by atoms with van der Waals surface area (Å²) in [5.74, 6) is 0.136. The summed E-state index contributed by atoms with van der Waals surface area (Å²) >= 11 is 5.26. The van der Waals surface area contributed by atoms with Gasteiger partial charge in [-0.15, -0.1) is 11.8 Å². The largest absolute Gasteiger partial charge is 0.312 e. The number of carbonyl (C=O) groups is 1. The molecule has 0 saturated carbocycles. The summed E-state index contributed by atoms with van der Waals surface area (Å²) in [4.78, 5) is 15.9. The molecule has 2 aromatic rings. The first-order chi connectivity index (χ1) is 10.6. The lowest BCUT2D eigenvalue weighted by molar-refractivity contribution is -0.119. The Morgan fingerprint density at radius 3 is 2.55 bits per heavy atom. The number of rotatable bonds is 4. The number of anilines is 1. The van der Waals surface area contributed by atoms with E-state index in [1.807, 2.05) is 24.0 Å². The Hall–Kier alpha value is -1.26. The third-order valence-corrected chi connectivity index (χ3v) is 5.37. The number of nitrogens with zero attached hydrogens (tertiary/aromatic N) is 1. The minimum atomic E-state index is -0.0763. The van der Waals surface area contributed by atoms with E-state index in [0.29, 0.717) is 0 Å². The zero-order valence-corrected chi connectivity index (χ0v) is 15.1. The molecule has 0 saturated heterocycles. The molecule has 1 atom stereocenters. The summed E-state index contributed by atoms with van der Waals surface area (Å²) < 4.78 is 1.03. The fourth-order valence-electron chi connectivity index (χ4n) is 3.01. The molecule has 0 bridgehead atoms. The molecule has 0 aliphatic carbocycles. The van der Waals surface area contributed by atoms with Crippen molar-refractivity contribution in [3.8, 4) is 0 Å². The predicted octanol–water partition coefficient (Wildman–Crippen LogP) is 4.86. The molecule has 0 fully saturated rings. The van der Waals surface area contributed by atoms with Crippen molar-refractivity contribution in [1.82, 2.24) is 0 Å². The van der Waals surface area contributed by atoms with Crippen LogP contribution in [-0.2, 0) is 11.2 Å². The molecule has 0 N–H and O–H groups in total. The highest BCUT2D eigenvalue weighted by atomic mass is 79.9. The second-order valence-electron chi connectivity index (χ2n) is 5.39. The lowest BCUT2D eigenvalue weighted by Crippen LogP contribution is -2.29. The van der Waals surface area contributed by atoms with Gasteiger partial charge in [0, 0.05) is 21.6 Å². The van der Waals surface area contributed by atoms with Crippen LogP contribution in [0.2, 0.25) is 0 Å². The number of amides is 1. The van der Waals surface area contributed by atoms with Gasteiger partial charge in [-0.3, -0.25) is 4.79 Å². The van der Waals surface area contributed by atoms with E-state index >= 15 is 0 Å². The number of likely N-dealkylation sites (N-methyl/N-ethyl adjacent to an activating group) is 1. The predicted molar refractivity (Wildman–Crippen MR) is 96.8 cm³/mol. The molecule has 0 radical (unpaired) electrons. The lowest BCUT2D eigenvalue weighted by atomic mass is 9.93. The van der Waals surface area contributed by atoms with E-state index in [-0.39, 0.29) is 11.8 Å². The number of benzene rings is 2. The van der Waals surface area contributed by atoms with Crippen LogP contribution in [0.1, 0.15) is 24.0 Å². The van der Waals surface area contributed by atoms with Crippen LogP contribution in [0.3, 0.4) is 0 Å². The summed E-state index contributed by atoms with van der Waals surface area (Å²) in [6.45, 7) is 2.74. The van der Waals surface area contributed by atoms with Crippen LogP contribution in [0.25, 0.3) is 0 Å². The summed E-state index contributed by atoms with van der Waals surface area (Å²) in [7, 11) is 0. The summed E-state index contributed by atoms with van der Waals surface area (Å²) in [5, 5.41) is 0. The maximum atomic E-state index is 12.7. The Labute approximate surface area is 144 Å². The first kappa shape index (κ1) is 15.6. The molecule has 1 aliphatic rings. The van der Waals surface area contributed by atoms with Crippen LogP contribution >= 0.6 is 27.7 Å². The van der Waals surface area contributed by atoms with Crippen LogP contribution in [0, 0.1) is 0 Å². The molecule has 1 amide bonds. The van der Waals surface area contributed by atoms with Crippen molar-refractivity contribution in [2.45, 2.75) is 24.2 Å². The molecule has 0 unspecified atom stereocenters. The molecule has 0 aromatic heterocycles. The SMILES string of the molecule is CCN1C(=O)[C@H](Cc2ccc(SC)cc2)c2cc(Br)ccc21. The smallest absolute Gasteiger partial charge is 0.234 e. The van der Waals surface area contributed by atoms with Gasteiger partial charge in [0.2, 0.25) is 5.91 Å². The van der Waals surface area contributed by atoms with E-state index < -0.39 is 0 Å². The van der Waals surface area contributed by atoms with Crippen molar-refractivity contribution in [1.29, 1.82) is 0 Å². The standard InChI is InChI=1S/C18H18BrNOS/c1-3-20-17-9-6-13(19)11-15(17)16(18(20)21)10-12-4-7-14(22-2)8-5-12/h4-9,11,16H,3,10H2,1-2H3/t16-/m1/s1. The quantitative estimate of drug-likeness (QED) is 0.710. The van der Waals surface area contributed by atoms with Gasteiger partial charge in [0.15, 0.2) is 0 Å². The van der Waals surface area contributed by atoms with Gasteiger partial charge in [-0.25, -0.2) is 0 Å². The van der Waals surface area contributed by atoms with Crippen LogP contribution in [0.5, 0.6) is 0 Å². The molecule has 1 aliphatic heterocycles. The Bertz CT molecular complexity index is 699. The Morgan fingerprint density at radius 1 is 1.18 bits per heavy atom. The van der Waals surface area contributed by atoms with Gasteiger partial charge in [0.05, 0.1) is 5.92 Å². The lowest BCUT2D eigenvalue weighted by Gasteiger charge is -2.15. The summed E-state index contributed by atoms with van der Waals surface area (Å²) in [6, 6.07) is 14.6. The molecular formula is C18H18BrNOS. The topological polar surface area (TPSA) is 20.3 Å². The normalized spacial score (nSPS) is 17.0. The van der Waals surface area contributed by atoms with Crippen LogP contribution in [0.4, 0.5) is 5.69 Å². The van der Waals surface area contributed by atoms with E-state index in [0.717, 1.165) is 28.7 Å². The zero-order valence-electron chi connectivity index (χ0n) is 12.7. The van der Waals surface area contributed by atoms with Gasteiger partial charge in [0.25, 0.3) is 0 Å². The molecular weight excluding hydrogens is 358 g/mol. The summed E-state index contributed by atoms with van der Waals surface area (Å²) in [5.41, 5.74) is 3.40. The highest BCUT2D eigenvalue weighted by molar-refractivity contribution is 9.10. The van der Waals surface area contributed by atoms with Crippen molar-refractivity contribution >= 4 is 39.3 Å². The van der Waals surface area contributed by atoms with Gasteiger partial charge in [-0.05, 0) is 61.1 Å². The second kappa shape index (κ2) is 6.47. The number of hydrogen-bond acceptors (Lipinski definition) is 2. The maximum Gasteiger partial charge on any atom is 0.234 e. The van der Waals surface area contributed by atoms with E-state index in [2.05, 4.69) is 52.5 Å². The van der Waals surface area contributed by atoms with Crippen molar-refractivity contribution in [3.05, 3.63) is 58.1 Å². The van der Waals surface area contributed by atoms with E-state index in [1.165, 1.54) is 10.5 Å². The molecule has 22 heavy (non-hydrogen) atoms. The molecule has 3 rings (SSSR count). The first-order valence-corrected chi connectivity index (χ1v) is 9.39. The molecule has 2 nitrogen and oxygen atoms in total. The third-order valence-electron chi connectivity index (χ3n) is 4.14. The van der Waals surface area contributed by atoms with Gasteiger partial charge < -0.3 is 4.90 Å². The van der Waals surface area contributed by atoms with Gasteiger partial charge in [-0.1, -0.05) is 28.1 Å². The monoisotopic (exact) mass is 375 g/mol. The van der Waals surface area contributed by atoms with Crippen LogP contribution in [0.15, 0.2) is 51.8 Å². The van der Waals surface area contributed by atoms with E-state index in [9.17, 15) is 4.79 Å². The van der Waals surface area contributed by atoms with Crippen molar-refractivity contribution in [2.24, 2.45) is 0 Å². The number of fused-ring (bicyclic) bond motifs is 1. The average Bonchev–Trinajstić information content (AvgIpc) is 2.79. The van der Waals surface area contributed by atoms with Crippen LogP contribution < -0.4 is 4.90 Å². The van der Waals surface area contributed by atoms with Crippen molar-refractivity contribution in [3.63, 3.8) is 0 Å². The molecule has 114 valence electrons. The van der Waals surface area contributed by atoms with Crippen molar-refractivity contribution < 1.29 is 4.79 Å². The molecule has 0 spiro atoms. The fourth-order valence-corrected chi connectivity index (χ4v) is 3.80. The minimum Gasteiger partial charge on any atom is -0.312 e. The fraction of sp³-hybridized carbons (Fsp3) is 0.278. The highest BCUT2D eigenvalue weighted by Crippen LogP contribution is 2.40. The third kappa shape index (κ3) is 2.82. The summed E-state index contributed by atoms with van der Waals surface area (Å²) in [6.07, 6.45) is 2.83. The first-order valence-electron chi connectivity index (χ1n) is 7.37. The van der Waals surface area contributed by atoms with E-state index in [4.69, 9.17) is 0 Å². The van der Waals surface area contributed by atoms with Gasteiger partial charge in [0.1, 0.15) is 0 Å². The van der Waals surface area contributed by atoms with Crippen molar-refractivity contribution in [2.75, 3.05) is 17.7 Å². The molecule has 1 heterocycles. The Kier molecular flexibility index (Phi) is 4.59. The minimum absolute atomic E-state index is 0.0763. The number of thioether (sulfide) groups is 1. The Morgan fingerprint density at radius 2 is 1.91 bits per heavy atom. The maximum absolute atomic E-state index is 12.7. The van der Waals surface area contributed by atoms with E-state index in [1.54, 1.807) is 11.8 Å². The number of hydrogen-bond donors (Lipinski definition) is 0. The highest BCUT2D eigenvalue weighted by Gasteiger charge is 2.36. The molecule has 2 aromatic carbocycles.